The monoisotopic (exact) mass is 436 g/mol. The number of aromatic nitrogens is 3. The molecular formula is C23H18ClFN4O2. The van der Waals surface area contributed by atoms with E-state index in [0.29, 0.717) is 28.6 Å². The number of halogens is 2. The lowest BCUT2D eigenvalue weighted by Gasteiger charge is -2.11. The molecule has 1 N–H and O–H groups in total. The molecule has 156 valence electrons. The van der Waals surface area contributed by atoms with Gasteiger partial charge in [-0.05, 0) is 48.0 Å². The molecule has 2 aromatic heterocycles. The van der Waals surface area contributed by atoms with E-state index in [1.165, 1.54) is 12.1 Å². The average molecular weight is 437 g/mol. The van der Waals surface area contributed by atoms with Crippen molar-refractivity contribution in [3.8, 4) is 11.5 Å². The number of ether oxygens (including phenoxy) is 2. The molecule has 0 aliphatic rings. The summed E-state index contributed by atoms with van der Waals surface area (Å²) in [6.45, 7) is 0.344. The second-order valence-corrected chi connectivity index (χ2v) is 6.94. The zero-order valence-corrected chi connectivity index (χ0v) is 17.3. The van der Waals surface area contributed by atoms with Crippen molar-refractivity contribution in [3.05, 3.63) is 83.5 Å². The number of hydrogen-bond donors (Lipinski definition) is 1. The van der Waals surface area contributed by atoms with Crippen LogP contribution in [0.15, 0.2) is 67.1 Å². The number of fused-ring (bicyclic) bond motifs is 1. The number of pyridine rings is 1. The molecule has 0 aliphatic heterocycles. The van der Waals surface area contributed by atoms with E-state index >= 15 is 0 Å². The van der Waals surface area contributed by atoms with Gasteiger partial charge in [-0.2, -0.15) is 0 Å². The van der Waals surface area contributed by atoms with Crippen LogP contribution in [0.3, 0.4) is 0 Å². The Morgan fingerprint density at radius 3 is 2.71 bits per heavy atom. The Hall–Kier alpha value is -3.71. The predicted molar refractivity (Wildman–Crippen MR) is 120 cm³/mol. The van der Waals surface area contributed by atoms with Crippen LogP contribution in [0.4, 0.5) is 16.0 Å². The molecule has 0 saturated carbocycles. The first-order chi connectivity index (χ1) is 15.1. The number of benzene rings is 2. The van der Waals surface area contributed by atoms with Gasteiger partial charge < -0.3 is 14.8 Å². The van der Waals surface area contributed by atoms with Crippen LogP contribution in [0.25, 0.3) is 17.0 Å². The van der Waals surface area contributed by atoms with Gasteiger partial charge in [-0.25, -0.2) is 14.4 Å². The van der Waals surface area contributed by atoms with Crippen LogP contribution in [0.5, 0.6) is 11.5 Å². The molecule has 8 heteroatoms. The molecule has 2 aromatic carbocycles. The van der Waals surface area contributed by atoms with Gasteiger partial charge in [0.1, 0.15) is 12.4 Å². The van der Waals surface area contributed by atoms with Crippen molar-refractivity contribution in [1.82, 2.24) is 15.0 Å². The molecule has 0 spiro atoms. The molecule has 0 bridgehead atoms. The van der Waals surface area contributed by atoms with Gasteiger partial charge in [-0.1, -0.05) is 17.7 Å². The Morgan fingerprint density at radius 2 is 1.94 bits per heavy atom. The Kier molecular flexibility index (Phi) is 6.24. The predicted octanol–water partition coefficient (Wildman–Crippen LogP) is 5.66. The molecule has 0 fully saturated rings. The summed E-state index contributed by atoms with van der Waals surface area (Å²) >= 11 is 5.80. The van der Waals surface area contributed by atoms with Gasteiger partial charge in [0.05, 0.1) is 18.3 Å². The van der Waals surface area contributed by atoms with Crippen molar-refractivity contribution in [2.24, 2.45) is 0 Å². The fourth-order valence-electron chi connectivity index (χ4n) is 2.88. The number of rotatable bonds is 7. The van der Waals surface area contributed by atoms with Crippen LogP contribution in [0.2, 0.25) is 5.02 Å². The second-order valence-electron chi connectivity index (χ2n) is 6.50. The van der Waals surface area contributed by atoms with E-state index in [0.717, 1.165) is 10.9 Å². The highest BCUT2D eigenvalue weighted by Gasteiger charge is 2.10. The lowest BCUT2D eigenvalue weighted by Crippen LogP contribution is -2.01. The van der Waals surface area contributed by atoms with Gasteiger partial charge in [0.2, 0.25) is 5.95 Å². The molecule has 0 radical (unpaired) electrons. The normalized spacial score (nSPS) is 11.1. The molecule has 4 aromatic rings. The Labute approximate surface area is 183 Å². The topological polar surface area (TPSA) is 69.2 Å². The van der Waals surface area contributed by atoms with E-state index in [-0.39, 0.29) is 11.6 Å². The Bertz CT molecular complexity index is 1240. The highest BCUT2D eigenvalue weighted by molar-refractivity contribution is 6.30. The van der Waals surface area contributed by atoms with Crippen LogP contribution in [-0.2, 0) is 0 Å². The van der Waals surface area contributed by atoms with Gasteiger partial charge in [0, 0.05) is 35.1 Å². The average Bonchev–Trinajstić information content (AvgIpc) is 2.78. The molecule has 0 atom stereocenters. The smallest absolute Gasteiger partial charge is 0.227 e. The van der Waals surface area contributed by atoms with E-state index < -0.39 is 5.82 Å². The number of methoxy groups -OCH3 is 1. The summed E-state index contributed by atoms with van der Waals surface area (Å²) in [7, 11) is 1.57. The fourth-order valence-corrected chi connectivity index (χ4v) is 3.04. The summed E-state index contributed by atoms with van der Waals surface area (Å²) in [6, 6.07) is 11.7. The van der Waals surface area contributed by atoms with Crippen molar-refractivity contribution in [2.45, 2.75) is 0 Å². The lowest BCUT2D eigenvalue weighted by atomic mass is 10.2. The second kappa shape index (κ2) is 9.40. The molecule has 2 heterocycles. The lowest BCUT2D eigenvalue weighted by molar-refractivity contribution is 0.327. The summed E-state index contributed by atoms with van der Waals surface area (Å²) in [4.78, 5) is 12.7. The molecule has 4 rings (SSSR count). The van der Waals surface area contributed by atoms with Crippen molar-refractivity contribution in [2.75, 3.05) is 19.0 Å². The van der Waals surface area contributed by atoms with E-state index in [1.807, 2.05) is 24.3 Å². The first kappa shape index (κ1) is 20.6. The number of nitrogens with one attached hydrogen (secondary N) is 1. The fraction of sp³-hybridized carbons (Fsp3) is 0.0870. The van der Waals surface area contributed by atoms with Crippen LogP contribution in [0, 0.1) is 5.82 Å². The Morgan fingerprint density at radius 1 is 1.10 bits per heavy atom. The first-order valence-corrected chi connectivity index (χ1v) is 9.76. The number of anilines is 2. The molecule has 0 aliphatic carbocycles. The molecule has 0 saturated heterocycles. The summed E-state index contributed by atoms with van der Waals surface area (Å²) < 4.78 is 25.4. The molecule has 0 amide bonds. The van der Waals surface area contributed by atoms with Gasteiger partial charge >= 0.3 is 0 Å². The SMILES string of the molecule is COc1cc2cnc(Nc3ccc(Cl)cc3F)nc2cc1OCC=Cc1ccncc1. The third kappa shape index (κ3) is 5.07. The van der Waals surface area contributed by atoms with Crippen LogP contribution < -0.4 is 14.8 Å². The number of nitrogens with zero attached hydrogens (tertiary/aromatic N) is 3. The molecule has 6 nitrogen and oxygen atoms in total. The summed E-state index contributed by atoms with van der Waals surface area (Å²) in [5, 5.41) is 3.94. The van der Waals surface area contributed by atoms with Crippen LogP contribution in [-0.4, -0.2) is 28.7 Å². The van der Waals surface area contributed by atoms with Crippen molar-refractivity contribution < 1.29 is 13.9 Å². The van der Waals surface area contributed by atoms with E-state index in [9.17, 15) is 4.39 Å². The van der Waals surface area contributed by atoms with E-state index in [4.69, 9.17) is 21.1 Å². The minimum atomic E-state index is -0.490. The quantitative estimate of drug-likeness (QED) is 0.403. The van der Waals surface area contributed by atoms with E-state index in [1.54, 1.807) is 43.9 Å². The van der Waals surface area contributed by atoms with Gasteiger partial charge in [0.15, 0.2) is 11.5 Å². The third-order valence-corrected chi connectivity index (χ3v) is 4.63. The maximum Gasteiger partial charge on any atom is 0.227 e. The minimum absolute atomic E-state index is 0.231. The summed E-state index contributed by atoms with van der Waals surface area (Å²) in [5.74, 6) is 0.868. The maximum atomic E-state index is 14.1. The summed E-state index contributed by atoms with van der Waals surface area (Å²) in [5.41, 5.74) is 1.89. The third-order valence-electron chi connectivity index (χ3n) is 4.39. The standard InChI is InChI=1S/C23H18ClFN4O2/c1-30-21-11-16-14-27-23(28-19-5-4-17(24)12-18(19)25)29-20(16)13-22(21)31-10-2-3-15-6-8-26-9-7-15/h2-9,11-14H,10H2,1H3,(H,27,28,29). The van der Waals surface area contributed by atoms with Crippen LogP contribution in [0.1, 0.15) is 5.56 Å². The zero-order chi connectivity index (χ0) is 21.6. The van der Waals surface area contributed by atoms with Gasteiger partial charge in [-0.15, -0.1) is 0 Å². The van der Waals surface area contributed by atoms with Gasteiger partial charge in [-0.3, -0.25) is 4.98 Å². The van der Waals surface area contributed by atoms with Crippen molar-refractivity contribution in [3.63, 3.8) is 0 Å². The number of hydrogen-bond acceptors (Lipinski definition) is 6. The molecule has 31 heavy (non-hydrogen) atoms. The summed E-state index contributed by atoms with van der Waals surface area (Å²) in [6.07, 6.45) is 8.94. The zero-order valence-electron chi connectivity index (χ0n) is 16.5. The highest BCUT2D eigenvalue weighted by Crippen LogP contribution is 2.32. The minimum Gasteiger partial charge on any atom is -0.493 e. The van der Waals surface area contributed by atoms with Crippen molar-refractivity contribution in [1.29, 1.82) is 0 Å². The van der Waals surface area contributed by atoms with Crippen molar-refractivity contribution >= 4 is 40.2 Å². The van der Waals surface area contributed by atoms with Gasteiger partial charge in [0.25, 0.3) is 0 Å². The molecular weight excluding hydrogens is 419 g/mol. The Balaban J connectivity index is 1.54. The maximum absolute atomic E-state index is 14.1. The first-order valence-electron chi connectivity index (χ1n) is 9.38. The van der Waals surface area contributed by atoms with Crippen LogP contribution >= 0.6 is 11.6 Å². The van der Waals surface area contributed by atoms with E-state index in [2.05, 4.69) is 20.3 Å². The highest BCUT2D eigenvalue weighted by atomic mass is 35.5. The largest absolute Gasteiger partial charge is 0.493 e. The molecule has 0 unspecified atom stereocenters.